The molecule has 0 aromatic heterocycles. The first-order valence-electron chi connectivity index (χ1n) is 6.04. The molecule has 0 N–H and O–H groups in total. The Balaban J connectivity index is 2.12. The van der Waals surface area contributed by atoms with Crippen LogP contribution in [0.1, 0.15) is 30.5 Å². The maximum Gasteiger partial charge on any atom is 0.223 e. The van der Waals surface area contributed by atoms with Crippen molar-refractivity contribution in [1.29, 1.82) is 0 Å². The normalized spacial score (nSPS) is 21.9. The molecule has 3 heteroatoms. The van der Waals surface area contributed by atoms with Crippen LogP contribution in [0.25, 0.3) is 0 Å². The number of hydrogen-bond donors (Lipinski definition) is 0. The minimum Gasteiger partial charge on any atom is -0.336 e. The molecule has 1 amide bonds. The van der Waals surface area contributed by atoms with E-state index in [1.54, 1.807) is 0 Å². The monoisotopic (exact) mass is 251 g/mol. The lowest BCUT2D eigenvalue weighted by atomic mass is 10.1. The van der Waals surface area contributed by atoms with E-state index >= 15 is 0 Å². The summed E-state index contributed by atoms with van der Waals surface area (Å²) in [5.41, 5.74) is 2.44. The fourth-order valence-electron chi connectivity index (χ4n) is 2.31. The quantitative estimate of drug-likeness (QED) is 0.756. The van der Waals surface area contributed by atoms with Crippen LogP contribution in [0.3, 0.4) is 0 Å². The largest absolute Gasteiger partial charge is 0.336 e. The summed E-state index contributed by atoms with van der Waals surface area (Å²) in [6.07, 6.45) is 0.597. The molecule has 2 nitrogen and oxygen atoms in total. The third-order valence-electron chi connectivity index (χ3n) is 3.48. The number of carbonyl (C=O) groups excluding carboxylic acids is 1. The highest BCUT2D eigenvalue weighted by Gasteiger charge is 2.32. The van der Waals surface area contributed by atoms with E-state index in [1.165, 1.54) is 11.1 Å². The van der Waals surface area contributed by atoms with Gasteiger partial charge in [-0.1, -0.05) is 29.8 Å². The van der Waals surface area contributed by atoms with Crippen LogP contribution in [0.5, 0.6) is 0 Å². The van der Waals surface area contributed by atoms with E-state index in [2.05, 4.69) is 38.1 Å². The lowest BCUT2D eigenvalue weighted by Gasteiger charge is -2.25. The minimum absolute atomic E-state index is 0.149. The van der Waals surface area contributed by atoms with E-state index in [0.717, 1.165) is 6.54 Å². The molecule has 1 aliphatic rings. The standard InChI is InChI=1S/C14H18ClNO/c1-10-3-5-13(6-4-10)11(2)16-9-12(8-15)7-14(16)17/h3-6,11-12H,7-9H2,1-2H3. The Morgan fingerprint density at radius 3 is 2.59 bits per heavy atom. The summed E-state index contributed by atoms with van der Waals surface area (Å²) >= 11 is 5.83. The van der Waals surface area contributed by atoms with Crippen LogP contribution in [-0.4, -0.2) is 23.2 Å². The fraction of sp³-hybridized carbons (Fsp3) is 0.500. The number of amides is 1. The highest BCUT2D eigenvalue weighted by molar-refractivity contribution is 6.18. The first-order chi connectivity index (χ1) is 8.11. The molecule has 1 aromatic carbocycles. The molecule has 2 unspecified atom stereocenters. The van der Waals surface area contributed by atoms with Gasteiger partial charge in [-0.2, -0.15) is 0 Å². The summed E-state index contributed by atoms with van der Waals surface area (Å²) in [6.45, 7) is 4.94. The maximum atomic E-state index is 11.9. The smallest absolute Gasteiger partial charge is 0.223 e. The number of carbonyl (C=O) groups is 1. The fourth-order valence-corrected chi connectivity index (χ4v) is 2.52. The molecule has 1 aliphatic heterocycles. The Bertz CT molecular complexity index is 401. The van der Waals surface area contributed by atoms with Crippen molar-refractivity contribution in [3.63, 3.8) is 0 Å². The summed E-state index contributed by atoms with van der Waals surface area (Å²) in [5.74, 6) is 1.11. The molecule has 0 spiro atoms. The van der Waals surface area contributed by atoms with Crippen molar-refractivity contribution in [3.05, 3.63) is 35.4 Å². The molecule has 1 fully saturated rings. The van der Waals surface area contributed by atoms with Crippen LogP contribution < -0.4 is 0 Å². The molecule has 0 bridgehead atoms. The molecule has 17 heavy (non-hydrogen) atoms. The number of halogens is 1. The van der Waals surface area contributed by atoms with Crippen molar-refractivity contribution in [2.75, 3.05) is 12.4 Å². The zero-order valence-electron chi connectivity index (χ0n) is 10.3. The molecule has 92 valence electrons. The summed E-state index contributed by atoms with van der Waals surface area (Å²) in [6, 6.07) is 8.52. The average Bonchev–Trinajstić information content (AvgIpc) is 2.71. The Kier molecular flexibility index (Phi) is 3.72. The topological polar surface area (TPSA) is 20.3 Å². The van der Waals surface area contributed by atoms with E-state index in [9.17, 15) is 4.79 Å². The van der Waals surface area contributed by atoms with Gasteiger partial charge in [0.15, 0.2) is 0 Å². The van der Waals surface area contributed by atoms with Crippen LogP contribution in [0.15, 0.2) is 24.3 Å². The lowest BCUT2D eigenvalue weighted by molar-refractivity contribution is -0.129. The van der Waals surface area contributed by atoms with Gasteiger partial charge in [-0.25, -0.2) is 0 Å². The molecule has 0 radical (unpaired) electrons. The van der Waals surface area contributed by atoms with Gasteiger partial charge in [0.05, 0.1) is 6.04 Å². The summed E-state index contributed by atoms with van der Waals surface area (Å²) < 4.78 is 0. The van der Waals surface area contributed by atoms with Crippen molar-refractivity contribution >= 4 is 17.5 Å². The molecule has 0 aliphatic carbocycles. The summed E-state index contributed by atoms with van der Waals surface area (Å²) in [5, 5.41) is 0. The number of alkyl halides is 1. The van der Waals surface area contributed by atoms with Crippen molar-refractivity contribution in [2.45, 2.75) is 26.3 Å². The number of likely N-dealkylation sites (tertiary alicyclic amines) is 1. The lowest BCUT2D eigenvalue weighted by Crippen LogP contribution is -2.28. The second-order valence-electron chi connectivity index (χ2n) is 4.86. The average molecular weight is 252 g/mol. The first kappa shape index (κ1) is 12.4. The van der Waals surface area contributed by atoms with Gasteiger partial charge in [-0.05, 0) is 25.3 Å². The SMILES string of the molecule is Cc1ccc(C(C)N2CC(CCl)CC2=O)cc1. The van der Waals surface area contributed by atoms with Gasteiger partial charge in [0.2, 0.25) is 5.91 Å². The van der Waals surface area contributed by atoms with Gasteiger partial charge in [0.25, 0.3) is 0 Å². The van der Waals surface area contributed by atoms with Crippen molar-refractivity contribution in [2.24, 2.45) is 5.92 Å². The van der Waals surface area contributed by atoms with Crippen molar-refractivity contribution in [1.82, 2.24) is 4.90 Å². The zero-order chi connectivity index (χ0) is 12.4. The van der Waals surface area contributed by atoms with Gasteiger partial charge < -0.3 is 4.90 Å². The van der Waals surface area contributed by atoms with Crippen LogP contribution in [0.2, 0.25) is 0 Å². The van der Waals surface area contributed by atoms with Crippen LogP contribution in [0, 0.1) is 12.8 Å². The molecular weight excluding hydrogens is 234 g/mol. The number of aryl methyl sites for hydroxylation is 1. The van der Waals surface area contributed by atoms with Gasteiger partial charge in [0.1, 0.15) is 0 Å². The molecular formula is C14H18ClNO. The second kappa shape index (κ2) is 5.09. The molecule has 2 atom stereocenters. The minimum atomic E-state index is 0.149. The van der Waals surface area contributed by atoms with Crippen LogP contribution in [0.4, 0.5) is 0 Å². The predicted octanol–water partition coefficient (Wildman–Crippen LogP) is 3.14. The molecule has 1 heterocycles. The molecule has 1 aromatic rings. The van der Waals surface area contributed by atoms with E-state index in [4.69, 9.17) is 11.6 Å². The van der Waals surface area contributed by atoms with Crippen molar-refractivity contribution in [3.8, 4) is 0 Å². The van der Waals surface area contributed by atoms with E-state index in [-0.39, 0.29) is 11.9 Å². The first-order valence-corrected chi connectivity index (χ1v) is 6.57. The summed E-state index contributed by atoms with van der Waals surface area (Å²) in [7, 11) is 0. The predicted molar refractivity (Wildman–Crippen MR) is 70.1 cm³/mol. The molecule has 0 saturated carbocycles. The third kappa shape index (κ3) is 2.63. The Hall–Kier alpha value is -1.02. The number of rotatable bonds is 3. The summed E-state index contributed by atoms with van der Waals surface area (Å²) in [4.78, 5) is 13.8. The van der Waals surface area contributed by atoms with Gasteiger partial charge >= 0.3 is 0 Å². The molecule has 2 rings (SSSR count). The Morgan fingerprint density at radius 1 is 1.41 bits per heavy atom. The van der Waals surface area contributed by atoms with E-state index in [1.807, 2.05) is 4.90 Å². The second-order valence-corrected chi connectivity index (χ2v) is 5.17. The number of benzene rings is 1. The van der Waals surface area contributed by atoms with E-state index < -0.39 is 0 Å². The number of hydrogen-bond acceptors (Lipinski definition) is 1. The number of nitrogens with zero attached hydrogens (tertiary/aromatic N) is 1. The highest BCUT2D eigenvalue weighted by atomic mass is 35.5. The highest BCUT2D eigenvalue weighted by Crippen LogP contribution is 2.28. The van der Waals surface area contributed by atoms with Crippen LogP contribution >= 0.6 is 11.6 Å². The van der Waals surface area contributed by atoms with Crippen molar-refractivity contribution < 1.29 is 4.79 Å². The van der Waals surface area contributed by atoms with Gasteiger partial charge in [-0.3, -0.25) is 4.79 Å². The maximum absolute atomic E-state index is 11.9. The molecule has 1 saturated heterocycles. The zero-order valence-corrected chi connectivity index (χ0v) is 11.1. The van der Waals surface area contributed by atoms with Crippen LogP contribution in [-0.2, 0) is 4.79 Å². The van der Waals surface area contributed by atoms with Gasteiger partial charge in [0, 0.05) is 18.8 Å². The Labute approximate surface area is 108 Å². The van der Waals surface area contributed by atoms with E-state index in [0.29, 0.717) is 18.2 Å². The van der Waals surface area contributed by atoms with Gasteiger partial charge in [-0.15, -0.1) is 11.6 Å². The Morgan fingerprint density at radius 2 is 2.06 bits per heavy atom. The third-order valence-corrected chi connectivity index (χ3v) is 3.92.